The number of nitrogens with two attached hydrogens (primary N) is 1. The highest BCUT2D eigenvalue weighted by molar-refractivity contribution is 7.80. The quantitative estimate of drug-likeness (QED) is 0.799. The average Bonchev–Trinajstić information content (AvgIpc) is 3.01. The first-order chi connectivity index (χ1) is 10.1. The van der Waals surface area contributed by atoms with Crippen LogP contribution in [0.5, 0.6) is 0 Å². The van der Waals surface area contributed by atoms with Gasteiger partial charge in [-0.15, -0.1) is 11.3 Å². The van der Waals surface area contributed by atoms with Crippen LogP contribution in [0.3, 0.4) is 0 Å². The molecule has 1 amide bonds. The molecule has 0 saturated heterocycles. The van der Waals surface area contributed by atoms with Crippen molar-refractivity contribution in [2.24, 2.45) is 5.73 Å². The van der Waals surface area contributed by atoms with Gasteiger partial charge < -0.3 is 11.1 Å². The molecule has 0 aliphatic rings. The monoisotopic (exact) mass is 318 g/mol. The van der Waals surface area contributed by atoms with Crippen LogP contribution >= 0.6 is 23.6 Å². The summed E-state index contributed by atoms with van der Waals surface area (Å²) in [6.07, 6.45) is 1.94. The van der Waals surface area contributed by atoms with Crippen LogP contribution in [0, 0.1) is 0 Å². The van der Waals surface area contributed by atoms with Gasteiger partial charge in [-0.1, -0.05) is 43.8 Å². The van der Waals surface area contributed by atoms with Crippen LogP contribution in [0.2, 0.25) is 0 Å². The van der Waals surface area contributed by atoms with Crippen LogP contribution in [-0.2, 0) is 0 Å². The van der Waals surface area contributed by atoms with Gasteiger partial charge in [0.05, 0.1) is 6.04 Å². The zero-order valence-electron chi connectivity index (χ0n) is 11.8. The maximum Gasteiger partial charge on any atom is 0.251 e. The van der Waals surface area contributed by atoms with E-state index < -0.39 is 0 Å². The molecule has 0 aliphatic heterocycles. The molecule has 3 N–H and O–H groups in total. The van der Waals surface area contributed by atoms with Gasteiger partial charge >= 0.3 is 0 Å². The minimum atomic E-state index is -0.0728. The number of hydrogen-bond acceptors (Lipinski definition) is 3. The van der Waals surface area contributed by atoms with Crippen molar-refractivity contribution < 1.29 is 4.79 Å². The molecule has 110 valence electrons. The number of rotatable bonds is 6. The van der Waals surface area contributed by atoms with Crippen molar-refractivity contribution in [1.82, 2.24) is 5.32 Å². The lowest BCUT2D eigenvalue weighted by Crippen LogP contribution is -2.28. The first kappa shape index (κ1) is 15.7. The number of nitrogens with one attached hydrogen (secondary N) is 1. The van der Waals surface area contributed by atoms with E-state index in [0.717, 1.165) is 18.4 Å². The molecule has 1 unspecified atom stereocenters. The summed E-state index contributed by atoms with van der Waals surface area (Å²) < 4.78 is 0. The predicted molar refractivity (Wildman–Crippen MR) is 91.8 cm³/mol. The van der Waals surface area contributed by atoms with Crippen LogP contribution in [0.4, 0.5) is 0 Å². The van der Waals surface area contributed by atoms with Crippen molar-refractivity contribution in [1.29, 1.82) is 0 Å². The van der Waals surface area contributed by atoms with Gasteiger partial charge in [0, 0.05) is 16.0 Å². The number of carbonyl (C=O) groups excluding carboxylic acids is 1. The smallest absolute Gasteiger partial charge is 0.251 e. The molecule has 5 heteroatoms. The fourth-order valence-electron chi connectivity index (χ4n) is 2.09. The Labute approximate surface area is 134 Å². The normalized spacial score (nSPS) is 11.9. The molecule has 0 fully saturated rings. The van der Waals surface area contributed by atoms with Crippen molar-refractivity contribution in [3.63, 3.8) is 0 Å². The molecule has 3 nitrogen and oxygen atoms in total. The Morgan fingerprint density at radius 2 is 1.95 bits per heavy atom. The van der Waals surface area contributed by atoms with Gasteiger partial charge in [-0.2, -0.15) is 0 Å². The zero-order valence-corrected chi connectivity index (χ0v) is 13.5. The molecule has 1 aromatic heterocycles. The third-order valence-corrected chi connectivity index (χ3v) is 4.42. The summed E-state index contributed by atoms with van der Waals surface area (Å²) in [6.45, 7) is 2.11. The van der Waals surface area contributed by atoms with E-state index in [4.69, 9.17) is 18.0 Å². The van der Waals surface area contributed by atoms with Crippen molar-refractivity contribution >= 4 is 34.5 Å². The van der Waals surface area contributed by atoms with Crippen LogP contribution in [-0.4, -0.2) is 10.9 Å². The van der Waals surface area contributed by atoms with E-state index in [0.29, 0.717) is 10.6 Å². The number of thiocarbonyl (C=S) groups is 1. The minimum absolute atomic E-state index is 0.0674. The SMILES string of the molecule is CCCC(NC(=O)c1ccc(C(N)=S)cc1)c1cccs1. The molecule has 1 atom stereocenters. The summed E-state index contributed by atoms with van der Waals surface area (Å²) in [7, 11) is 0. The molecule has 0 bridgehead atoms. The van der Waals surface area contributed by atoms with Crippen molar-refractivity contribution in [3.8, 4) is 0 Å². The third kappa shape index (κ3) is 4.12. The number of benzene rings is 1. The Morgan fingerprint density at radius 1 is 1.29 bits per heavy atom. The fraction of sp³-hybridized carbons (Fsp3) is 0.250. The maximum atomic E-state index is 12.3. The summed E-state index contributed by atoms with van der Waals surface area (Å²) in [5, 5.41) is 5.12. The first-order valence-electron chi connectivity index (χ1n) is 6.86. The number of amides is 1. The number of hydrogen-bond donors (Lipinski definition) is 2. The van der Waals surface area contributed by atoms with Crippen molar-refractivity contribution in [2.45, 2.75) is 25.8 Å². The van der Waals surface area contributed by atoms with Gasteiger partial charge in [-0.3, -0.25) is 4.79 Å². The lowest BCUT2D eigenvalue weighted by Gasteiger charge is -2.17. The second kappa shape index (κ2) is 7.33. The molecule has 1 aromatic carbocycles. The zero-order chi connectivity index (χ0) is 15.2. The largest absolute Gasteiger partial charge is 0.389 e. The highest BCUT2D eigenvalue weighted by Crippen LogP contribution is 2.23. The molecular formula is C16H18N2OS2. The van der Waals surface area contributed by atoms with Gasteiger partial charge in [0.2, 0.25) is 0 Å². The number of thiophene rings is 1. The van der Waals surface area contributed by atoms with Crippen LogP contribution in [0.15, 0.2) is 41.8 Å². The predicted octanol–water partition coefficient (Wildman–Crippen LogP) is 3.65. The van der Waals surface area contributed by atoms with Crippen molar-refractivity contribution in [3.05, 3.63) is 57.8 Å². The first-order valence-corrected chi connectivity index (χ1v) is 8.14. The van der Waals surface area contributed by atoms with Gasteiger partial charge in [0.1, 0.15) is 4.99 Å². The van der Waals surface area contributed by atoms with E-state index in [1.807, 2.05) is 11.4 Å². The summed E-state index contributed by atoms with van der Waals surface area (Å²) in [5.41, 5.74) is 6.94. The van der Waals surface area contributed by atoms with Gasteiger partial charge in [0.15, 0.2) is 0 Å². The lowest BCUT2D eigenvalue weighted by molar-refractivity contribution is 0.0935. The standard InChI is InChI=1S/C16H18N2OS2/c1-2-4-13(14-5-3-10-21-14)18-16(19)12-8-6-11(7-9-12)15(17)20/h3,5-10,13H,2,4H2,1H3,(H2,17,20)(H,18,19). The summed E-state index contributed by atoms with van der Waals surface area (Å²) in [6, 6.07) is 11.2. The summed E-state index contributed by atoms with van der Waals surface area (Å²) >= 11 is 6.57. The fourth-order valence-corrected chi connectivity index (χ4v) is 3.04. The van der Waals surface area contributed by atoms with E-state index in [2.05, 4.69) is 18.3 Å². The Bertz CT molecular complexity index is 606. The molecule has 2 aromatic rings. The minimum Gasteiger partial charge on any atom is -0.389 e. The second-order valence-electron chi connectivity index (χ2n) is 4.77. The summed E-state index contributed by atoms with van der Waals surface area (Å²) in [5.74, 6) is -0.0728. The third-order valence-electron chi connectivity index (χ3n) is 3.20. The Balaban J connectivity index is 2.10. The van der Waals surface area contributed by atoms with E-state index in [9.17, 15) is 4.79 Å². The lowest BCUT2D eigenvalue weighted by atomic mass is 10.1. The molecule has 0 radical (unpaired) electrons. The highest BCUT2D eigenvalue weighted by Gasteiger charge is 2.15. The van der Waals surface area contributed by atoms with Crippen molar-refractivity contribution in [2.75, 3.05) is 0 Å². The second-order valence-corrected chi connectivity index (χ2v) is 6.19. The molecule has 0 spiro atoms. The molecule has 21 heavy (non-hydrogen) atoms. The van der Waals surface area contributed by atoms with Crippen LogP contribution in [0.1, 0.15) is 46.6 Å². The van der Waals surface area contributed by atoms with Gasteiger partial charge in [-0.05, 0) is 30.0 Å². The van der Waals surface area contributed by atoms with E-state index in [1.54, 1.807) is 35.6 Å². The number of carbonyl (C=O) groups is 1. The van der Waals surface area contributed by atoms with E-state index in [-0.39, 0.29) is 11.9 Å². The van der Waals surface area contributed by atoms with Crippen LogP contribution < -0.4 is 11.1 Å². The average molecular weight is 318 g/mol. The highest BCUT2D eigenvalue weighted by atomic mass is 32.1. The Kier molecular flexibility index (Phi) is 5.47. The molecule has 0 saturated carbocycles. The Hall–Kier alpha value is -1.72. The maximum absolute atomic E-state index is 12.3. The van der Waals surface area contributed by atoms with Gasteiger partial charge in [-0.25, -0.2) is 0 Å². The van der Waals surface area contributed by atoms with E-state index in [1.165, 1.54) is 4.88 Å². The van der Waals surface area contributed by atoms with Crippen LogP contribution in [0.25, 0.3) is 0 Å². The molecular weight excluding hydrogens is 300 g/mol. The molecule has 2 rings (SSSR count). The molecule has 0 aliphatic carbocycles. The molecule has 1 heterocycles. The van der Waals surface area contributed by atoms with E-state index >= 15 is 0 Å². The Morgan fingerprint density at radius 3 is 2.48 bits per heavy atom. The van der Waals surface area contributed by atoms with Gasteiger partial charge in [0.25, 0.3) is 5.91 Å². The topological polar surface area (TPSA) is 55.1 Å². The summed E-state index contributed by atoms with van der Waals surface area (Å²) in [4.78, 5) is 13.9.